The van der Waals surface area contributed by atoms with Gasteiger partial charge in [0.05, 0.1) is 21.7 Å². The second kappa shape index (κ2) is 7.39. The van der Waals surface area contributed by atoms with Crippen LogP contribution in [-0.2, 0) is 9.59 Å². The van der Waals surface area contributed by atoms with Gasteiger partial charge >= 0.3 is 5.91 Å². The van der Waals surface area contributed by atoms with Crippen LogP contribution in [-0.4, -0.2) is 22.0 Å². The van der Waals surface area contributed by atoms with Gasteiger partial charge in [0.2, 0.25) is 0 Å². The lowest BCUT2D eigenvalue weighted by atomic mass is 9.95. The number of aromatic nitrogens is 1. The molecule has 0 bridgehead atoms. The fourth-order valence-electron chi connectivity index (χ4n) is 3.29. The van der Waals surface area contributed by atoms with Crippen molar-refractivity contribution < 1.29 is 19.2 Å². The molecule has 4 rings (SSSR count). The van der Waals surface area contributed by atoms with Crippen LogP contribution in [0.4, 0.5) is 5.82 Å². The van der Waals surface area contributed by atoms with E-state index in [0.29, 0.717) is 21.9 Å². The number of aliphatic hydroxyl groups excluding tert-OH is 1. The van der Waals surface area contributed by atoms with Gasteiger partial charge in [-0.25, -0.2) is 0 Å². The number of aryl methyl sites for hydroxylation is 1. The monoisotopic (exact) mass is 428 g/mol. The van der Waals surface area contributed by atoms with Gasteiger partial charge in [-0.1, -0.05) is 64.8 Å². The Kier molecular flexibility index (Phi) is 4.90. The summed E-state index contributed by atoms with van der Waals surface area (Å²) in [6, 6.07) is 13.9. The molecule has 2 heterocycles. The smallest absolute Gasteiger partial charge is 0.301 e. The molecule has 0 aliphatic carbocycles. The third kappa shape index (κ3) is 3.30. The summed E-state index contributed by atoms with van der Waals surface area (Å²) in [5.41, 5.74) is 0.837. The van der Waals surface area contributed by atoms with Gasteiger partial charge < -0.3 is 9.63 Å². The summed E-state index contributed by atoms with van der Waals surface area (Å²) < 4.78 is 5.09. The molecule has 146 valence electrons. The van der Waals surface area contributed by atoms with Crippen LogP contribution in [0.3, 0.4) is 0 Å². The third-order valence-corrected chi connectivity index (χ3v) is 5.35. The van der Waals surface area contributed by atoms with Crippen LogP contribution in [0.25, 0.3) is 5.76 Å². The van der Waals surface area contributed by atoms with Gasteiger partial charge in [0.15, 0.2) is 5.82 Å². The van der Waals surface area contributed by atoms with Crippen LogP contribution in [0.1, 0.15) is 22.9 Å². The molecule has 1 saturated heterocycles. The molecule has 1 aliphatic heterocycles. The van der Waals surface area contributed by atoms with Crippen LogP contribution in [0.15, 0.2) is 64.7 Å². The highest BCUT2D eigenvalue weighted by Crippen LogP contribution is 2.43. The van der Waals surface area contributed by atoms with Gasteiger partial charge in [-0.3, -0.25) is 14.5 Å². The minimum Gasteiger partial charge on any atom is -0.507 e. The van der Waals surface area contributed by atoms with E-state index >= 15 is 0 Å². The summed E-state index contributed by atoms with van der Waals surface area (Å²) in [5.74, 6) is -1.32. The minimum atomic E-state index is -0.950. The van der Waals surface area contributed by atoms with Crippen molar-refractivity contribution in [2.45, 2.75) is 13.0 Å². The zero-order valence-corrected chi connectivity index (χ0v) is 16.6. The van der Waals surface area contributed by atoms with Crippen molar-refractivity contribution in [1.29, 1.82) is 0 Å². The quantitative estimate of drug-likeness (QED) is 0.363. The van der Waals surface area contributed by atoms with Crippen molar-refractivity contribution in [3.05, 3.63) is 87.1 Å². The summed E-state index contributed by atoms with van der Waals surface area (Å²) in [5, 5.41) is 15.4. The molecule has 1 unspecified atom stereocenters. The van der Waals surface area contributed by atoms with Crippen LogP contribution in [0.2, 0.25) is 10.0 Å². The molecular formula is C21H14Cl2N2O4. The molecule has 29 heavy (non-hydrogen) atoms. The Morgan fingerprint density at radius 2 is 1.79 bits per heavy atom. The van der Waals surface area contributed by atoms with Crippen molar-refractivity contribution in [2.24, 2.45) is 0 Å². The van der Waals surface area contributed by atoms with E-state index in [9.17, 15) is 14.7 Å². The lowest BCUT2D eigenvalue weighted by Gasteiger charge is -2.23. The van der Waals surface area contributed by atoms with Crippen molar-refractivity contribution in [3.8, 4) is 0 Å². The average molecular weight is 429 g/mol. The third-order valence-electron chi connectivity index (χ3n) is 4.61. The topological polar surface area (TPSA) is 83.6 Å². The highest BCUT2D eigenvalue weighted by Gasteiger charge is 2.48. The number of amides is 1. The number of nitrogens with zero attached hydrogens (tertiary/aromatic N) is 2. The number of rotatable bonds is 3. The predicted octanol–water partition coefficient (Wildman–Crippen LogP) is 4.92. The number of benzene rings is 2. The molecule has 1 amide bonds. The number of anilines is 1. The summed E-state index contributed by atoms with van der Waals surface area (Å²) in [4.78, 5) is 27.0. The molecule has 1 fully saturated rings. The van der Waals surface area contributed by atoms with Crippen LogP contribution < -0.4 is 4.90 Å². The van der Waals surface area contributed by atoms with E-state index in [1.54, 1.807) is 55.5 Å². The fraction of sp³-hybridized carbons (Fsp3) is 0.0952. The van der Waals surface area contributed by atoms with E-state index in [-0.39, 0.29) is 22.2 Å². The van der Waals surface area contributed by atoms with Crippen molar-refractivity contribution in [1.82, 2.24) is 5.16 Å². The van der Waals surface area contributed by atoms with Crippen molar-refractivity contribution >= 4 is 46.5 Å². The fourth-order valence-corrected chi connectivity index (χ4v) is 3.59. The van der Waals surface area contributed by atoms with E-state index in [1.807, 2.05) is 0 Å². The number of aliphatic hydroxyl groups is 1. The summed E-state index contributed by atoms with van der Waals surface area (Å²) in [6.07, 6.45) is 0. The lowest BCUT2D eigenvalue weighted by Crippen LogP contribution is -2.29. The Hall–Kier alpha value is -3.09. The SMILES string of the molecule is Cc1cc(N2C(=O)C(=O)C(=C(O)c3ccccc3)C2c2ccc(Cl)c(Cl)c2)no1. The maximum Gasteiger partial charge on any atom is 0.301 e. The second-order valence-corrected chi connectivity index (χ2v) is 7.32. The summed E-state index contributed by atoms with van der Waals surface area (Å²) >= 11 is 12.2. The molecule has 0 spiro atoms. The molecule has 8 heteroatoms. The highest BCUT2D eigenvalue weighted by atomic mass is 35.5. The Balaban J connectivity index is 1.97. The van der Waals surface area contributed by atoms with Crippen molar-refractivity contribution in [2.75, 3.05) is 4.90 Å². The number of halogens is 2. The molecule has 0 saturated carbocycles. The first kappa shape index (κ1) is 19.2. The molecule has 1 atom stereocenters. The zero-order chi connectivity index (χ0) is 20.7. The molecule has 1 aromatic heterocycles. The number of hydrogen-bond donors (Lipinski definition) is 1. The van der Waals surface area contributed by atoms with Gasteiger partial charge in [-0.15, -0.1) is 0 Å². The maximum atomic E-state index is 12.9. The van der Waals surface area contributed by atoms with Crippen molar-refractivity contribution in [3.63, 3.8) is 0 Å². The second-order valence-electron chi connectivity index (χ2n) is 6.50. The van der Waals surface area contributed by atoms with E-state index in [1.165, 1.54) is 11.0 Å². The van der Waals surface area contributed by atoms with E-state index in [2.05, 4.69) is 5.16 Å². The minimum absolute atomic E-state index is 0.0692. The van der Waals surface area contributed by atoms with E-state index < -0.39 is 17.7 Å². The standard InChI is InChI=1S/C21H14Cl2N2O4/c1-11-9-16(24-29-11)25-18(13-7-8-14(22)15(23)10-13)17(20(27)21(25)28)19(26)12-5-3-2-4-6-12/h2-10,18,26H,1H3. The normalized spacial score (nSPS) is 18.4. The predicted molar refractivity (Wildman–Crippen MR) is 109 cm³/mol. The Morgan fingerprint density at radius 3 is 2.41 bits per heavy atom. The molecule has 3 aromatic rings. The molecule has 1 N–H and O–H groups in total. The van der Waals surface area contributed by atoms with Crippen LogP contribution in [0.5, 0.6) is 0 Å². The molecule has 2 aromatic carbocycles. The number of hydrogen-bond acceptors (Lipinski definition) is 5. The molecule has 0 radical (unpaired) electrons. The van der Waals surface area contributed by atoms with Gasteiger partial charge in [-0.2, -0.15) is 0 Å². The van der Waals surface area contributed by atoms with Gasteiger partial charge in [0.25, 0.3) is 5.78 Å². The van der Waals surface area contributed by atoms with E-state index in [0.717, 1.165) is 0 Å². The maximum absolute atomic E-state index is 12.9. The highest BCUT2D eigenvalue weighted by molar-refractivity contribution is 6.51. The van der Waals surface area contributed by atoms with Crippen LogP contribution in [0, 0.1) is 6.92 Å². The number of Topliss-reactive ketones (excluding diaryl/α,β-unsaturated/α-hetero) is 1. The average Bonchev–Trinajstić information content (AvgIpc) is 3.25. The van der Waals surface area contributed by atoms with Gasteiger partial charge in [-0.05, 0) is 24.6 Å². The Bertz CT molecular complexity index is 1150. The molecule has 6 nitrogen and oxygen atoms in total. The molecular weight excluding hydrogens is 415 g/mol. The largest absolute Gasteiger partial charge is 0.507 e. The van der Waals surface area contributed by atoms with Gasteiger partial charge in [0.1, 0.15) is 11.5 Å². The first-order valence-corrected chi connectivity index (χ1v) is 9.38. The number of ketones is 1. The Labute approximate surface area is 175 Å². The Morgan fingerprint density at radius 1 is 1.07 bits per heavy atom. The van der Waals surface area contributed by atoms with Crippen LogP contribution >= 0.6 is 23.2 Å². The first-order valence-electron chi connectivity index (χ1n) is 8.63. The first-order chi connectivity index (χ1) is 13.9. The number of carbonyl (C=O) groups is 2. The summed E-state index contributed by atoms with van der Waals surface area (Å²) in [7, 11) is 0. The zero-order valence-electron chi connectivity index (χ0n) is 15.1. The van der Waals surface area contributed by atoms with E-state index in [4.69, 9.17) is 27.7 Å². The lowest BCUT2D eigenvalue weighted by molar-refractivity contribution is -0.132. The summed E-state index contributed by atoms with van der Waals surface area (Å²) in [6.45, 7) is 1.67. The van der Waals surface area contributed by atoms with Gasteiger partial charge in [0, 0.05) is 11.6 Å². The number of carbonyl (C=O) groups excluding carboxylic acids is 2. The molecule has 1 aliphatic rings.